The fraction of sp³-hybridized carbons (Fsp3) is 0.500. The van der Waals surface area contributed by atoms with Crippen molar-refractivity contribution in [1.29, 1.82) is 0 Å². The van der Waals surface area contributed by atoms with Crippen LogP contribution in [0.3, 0.4) is 0 Å². The number of carbonyl (C=O) groups is 1. The zero-order valence-electron chi connectivity index (χ0n) is 17.9. The van der Waals surface area contributed by atoms with Crippen LogP contribution in [0.1, 0.15) is 42.8 Å². The molecule has 4 rings (SSSR count). The summed E-state index contributed by atoms with van der Waals surface area (Å²) in [7, 11) is -3.69. The van der Waals surface area contributed by atoms with Crippen LogP contribution in [-0.4, -0.2) is 61.9 Å². The molecule has 0 unspecified atom stereocenters. The zero-order valence-corrected chi connectivity index (χ0v) is 18.7. The maximum atomic E-state index is 12.8. The van der Waals surface area contributed by atoms with Crippen molar-refractivity contribution in [3.63, 3.8) is 0 Å². The number of furan rings is 1. The number of anilines is 1. The third-order valence-corrected chi connectivity index (χ3v) is 7.39. The second-order valence-electron chi connectivity index (χ2n) is 8.29. The lowest BCUT2D eigenvalue weighted by molar-refractivity contribution is -0.0704. The van der Waals surface area contributed by atoms with E-state index in [4.69, 9.17) is 9.15 Å². The highest BCUT2D eigenvalue weighted by molar-refractivity contribution is 7.89. The Kier molecular flexibility index (Phi) is 6.47. The van der Waals surface area contributed by atoms with E-state index in [2.05, 4.69) is 24.1 Å². The Labute approximate surface area is 183 Å². The van der Waals surface area contributed by atoms with Gasteiger partial charge in [-0.15, -0.1) is 0 Å². The topological polar surface area (TPSA) is 92.1 Å². The largest absolute Gasteiger partial charge is 0.438 e. The summed E-state index contributed by atoms with van der Waals surface area (Å²) in [5.74, 6) is -0.500. The number of benzene rings is 1. The Morgan fingerprint density at radius 3 is 2.45 bits per heavy atom. The van der Waals surface area contributed by atoms with Crippen molar-refractivity contribution in [1.82, 2.24) is 9.21 Å². The number of hydrogen-bond donors (Lipinski definition) is 1. The highest BCUT2D eigenvalue weighted by Crippen LogP contribution is 2.24. The minimum atomic E-state index is -3.69. The van der Waals surface area contributed by atoms with Crippen LogP contribution in [0.15, 0.2) is 45.9 Å². The Balaban J connectivity index is 1.46. The van der Waals surface area contributed by atoms with Gasteiger partial charge in [0.05, 0.1) is 12.2 Å². The molecule has 0 aliphatic carbocycles. The van der Waals surface area contributed by atoms with E-state index in [1.165, 1.54) is 16.4 Å². The van der Waals surface area contributed by atoms with Crippen LogP contribution in [0, 0.1) is 0 Å². The van der Waals surface area contributed by atoms with Crippen molar-refractivity contribution in [3.8, 4) is 0 Å². The van der Waals surface area contributed by atoms with E-state index in [0.29, 0.717) is 25.3 Å². The third kappa shape index (κ3) is 5.01. The van der Waals surface area contributed by atoms with Gasteiger partial charge < -0.3 is 14.5 Å². The van der Waals surface area contributed by atoms with E-state index in [1.54, 1.807) is 0 Å². The van der Waals surface area contributed by atoms with E-state index in [1.807, 2.05) is 24.3 Å². The van der Waals surface area contributed by atoms with Gasteiger partial charge in [-0.25, -0.2) is 8.42 Å². The number of amides is 1. The lowest BCUT2D eigenvalue weighted by atomic mass is 10.1. The number of sulfonamides is 1. The number of para-hydroxylation sites is 1. The molecule has 2 saturated heterocycles. The molecule has 168 valence electrons. The first kappa shape index (κ1) is 22.0. The molecule has 8 nitrogen and oxygen atoms in total. The molecular formula is C22H29N3O5S. The molecule has 2 atom stereocenters. The van der Waals surface area contributed by atoms with Crippen molar-refractivity contribution in [2.75, 3.05) is 31.5 Å². The van der Waals surface area contributed by atoms with Gasteiger partial charge in [-0.1, -0.05) is 18.2 Å². The fourth-order valence-corrected chi connectivity index (χ4v) is 5.68. The lowest BCUT2D eigenvalue weighted by Gasteiger charge is -2.35. The van der Waals surface area contributed by atoms with E-state index >= 15 is 0 Å². The quantitative estimate of drug-likeness (QED) is 0.732. The number of rotatable bonds is 6. The molecule has 2 aromatic rings. The molecule has 1 aromatic heterocycles. The summed E-state index contributed by atoms with van der Waals surface area (Å²) in [5.41, 5.74) is 1.66. The van der Waals surface area contributed by atoms with Gasteiger partial charge in [0.2, 0.25) is 5.09 Å². The molecular weight excluding hydrogens is 418 g/mol. The van der Waals surface area contributed by atoms with Gasteiger partial charge in [0.1, 0.15) is 0 Å². The average Bonchev–Trinajstić information content (AvgIpc) is 3.42. The van der Waals surface area contributed by atoms with Crippen LogP contribution in [0.25, 0.3) is 0 Å². The first-order chi connectivity index (χ1) is 14.8. The monoisotopic (exact) mass is 447 g/mol. The first-order valence-electron chi connectivity index (χ1n) is 10.7. The van der Waals surface area contributed by atoms with Crippen molar-refractivity contribution in [2.45, 2.75) is 50.5 Å². The molecule has 2 fully saturated rings. The number of morpholine rings is 1. The Morgan fingerprint density at radius 2 is 1.74 bits per heavy atom. The Bertz CT molecular complexity index is 1020. The van der Waals surface area contributed by atoms with E-state index in [0.717, 1.165) is 31.5 Å². The maximum absolute atomic E-state index is 12.8. The lowest BCUT2D eigenvalue weighted by Crippen LogP contribution is -2.44. The van der Waals surface area contributed by atoms with Crippen LogP contribution in [-0.2, 0) is 21.3 Å². The standard InChI is InChI=1S/C22H29N3O5S/c1-16-13-24(14-17(2)29-16)15-18-7-3-4-8-19(18)23-22(26)20-9-10-21(30-20)31(27,28)25-11-5-6-12-25/h3-4,7-10,16-17H,5-6,11-15H2,1-2H3,(H,23,26)/t16-,17+. The van der Waals surface area contributed by atoms with Crippen molar-refractivity contribution in [2.24, 2.45) is 0 Å². The number of nitrogens with zero attached hydrogens (tertiary/aromatic N) is 2. The first-order valence-corrected chi connectivity index (χ1v) is 12.1. The van der Waals surface area contributed by atoms with Crippen LogP contribution >= 0.6 is 0 Å². The van der Waals surface area contributed by atoms with Gasteiger partial charge in [0.15, 0.2) is 5.76 Å². The van der Waals surface area contributed by atoms with E-state index in [9.17, 15) is 13.2 Å². The van der Waals surface area contributed by atoms with E-state index < -0.39 is 15.9 Å². The highest BCUT2D eigenvalue weighted by atomic mass is 32.2. The highest BCUT2D eigenvalue weighted by Gasteiger charge is 2.31. The molecule has 0 bridgehead atoms. The van der Waals surface area contributed by atoms with Crippen LogP contribution < -0.4 is 5.32 Å². The predicted molar refractivity (Wildman–Crippen MR) is 116 cm³/mol. The molecule has 2 aliphatic heterocycles. The number of carbonyl (C=O) groups excluding carboxylic acids is 1. The molecule has 1 N–H and O–H groups in total. The van der Waals surface area contributed by atoms with Crippen LogP contribution in [0.5, 0.6) is 0 Å². The summed E-state index contributed by atoms with van der Waals surface area (Å²) in [4.78, 5) is 15.1. The average molecular weight is 448 g/mol. The summed E-state index contributed by atoms with van der Waals surface area (Å²) in [5, 5.41) is 2.68. The SMILES string of the molecule is C[C@@H]1CN(Cc2ccccc2NC(=O)c2ccc(S(=O)(=O)N3CCCC3)o2)C[C@H](C)O1. The van der Waals surface area contributed by atoms with Gasteiger partial charge in [-0.05, 0) is 50.5 Å². The van der Waals surface area contributed by atoms with Gasteiger partial charge >= 0.3 is 0 Å². The predicted octanol–water partition coefficient (Wildman–Crippen LogP) is 2.93. The maximum Gasteiger partial charge on any atom is 0.291 e. The van der Waals surface area contributed by atoms with Crippen LogP contribution in [0.2, 0.25) is 0 Å². The molecule has 31 heavy (non-hydrogen) atoms. The normalized spacial score (nSPS) is 23.2. The van der Waals surface area contributed by atoms with Gasteiger partial charge in [-0.3, -0.25) is 9.69 Å². The summed E-state index contributed by atoms with van der Waals surface area (Å²) < 4.78 is 37.9. The van der Waals surface area contributed by atoms with Crippen LogP contribution in [0.4, 0.5) is 5.69 Å². The molecule has 0 saturated carbocycles. The molecule has 9 heteroatoms. The van der Waals surface area contributed by atoms with Gasteiger partial charge in [0, 0.05) is 38.4 Å². The summed E-state index contributed by atoms with van der Waals surface area (Å²) in [6.07, 6.45) is 1.99. The molecule has 1 amide bonds. The zero-order chi connectivity index (χ0) is 22.0. The minimum absolute atomic E-state index is 0.0267. The molecule has 2 aliphatic rings. The van der Waals surface area contributed by atoms with Gasteiger partial charge in [-0.2, -0.15) is 4.31 Å². The fourth-order valence-electron chi connectivity index (χ4n) is 4.25. The number of nitrogens with one attached hydrogen (secondary N) is 1. The molecule has 0 spiro atoms. The second-order valence-corrected chi connectivity index (χ2v) is 10.2. The number of hydrogen-bond acceptors (Lipinski definition) is 6. The van der Waals surface area contributed by atoms with E-state index in [-0.39, 0.29) is 23.1 Å². The summed E-state index contributed by atoms with van der Waals surface area (Å²) in [6.45, 7) is 7.40. The van der Waals surface area contributed by atoms with Gasteiger partial charge in [0.25, 0.3) is 15.9 Å². The molecule has 3 heterocycles. The molecule has 1 aromatic carbocycles. The molecule has 0 radical (unpaired) electrons. The van der Waals surface area contributed by atoms with Crippen molar-refractivity contribution in [3.05, 3.63) is 47.7 Å². The second kappa shape index (κ2) is 9.12. The Morgan fingerprint density at radius 1 is 1.06 bits per heavy atom. The smallest absolute Gasteiger partial charge is 0.291 e. The third-order valence-electron chi connectivity index (χ3n) is 5.62. The number of ether oxygens (including phenoxy) is 1. The van der Waals surface area contributed by atoms with Crippen molar-refractivity contribution < 1.29 is 22.4 Å². The Hall–Kier alpha value is -2.20. The summed E-state index contributed by atoms with van der Waals surface area (Å²) >= 11 is 0. The van der Waals surface area contributed by atoms with Crippen molar-refractivity contribution >= 4 is 21.6 Å². The minimum Gasteiger partial charge on any atom is -0.438 e. The summed E-state index contributed by atoms with van der Waals surface area (Å²) in [6, 6.07) is 10.4.